The minimum atomic E-state index is -0.637. The first kappa shape index (κ1) is 22.5. The Morgan fingerprint density at radius 3 is 2.71 bits per heavy atom. The fourth-order valence-electron chi connectivity index (χ4n) is 3.59. The molecule has 31 heavy (non-hydrogen) atoms. The van der Waals surface area contributed by atoms with Gasteiger partial charge in [-0.1, -0.05) is 38.1 Å². The molecular weight excluding hydrogens is 399 g/mol. The van der Waals surface area contributed by atoms with E-state index in [-0.39, 0.29) is 30.5 Å². The normalized spacial score (nSPS) is 16.8. The van der Waals surface area contributed by atoms with E-state index in [0.717, 1.165) is 17.7 Å². The van der Waals surface area contributed by atoms with Crippen molar-refractivity contribution in [1.82, 2.24) is 0 Å². The van der Waals surface area contributed by atoms with E-state index in [2.05, 4.69) is 19.2 Å². The van der Waals surface area contributed by atoms with E-state index in [0.29, 0.717) is 5.56 Å². The molecule has 7 heteroatoms. The molecule has 0 radical (unpaired) electrons. The SMILES string of the molecule is CC[C@@H](C)c1ccccc1N1C[C@@H](C(=O)OCC(=O)Nc2ccc(C)c(F)c2)CC1=O. The first-order valence-electron chi connectivity index (χ1n) is 10.4. The van der Waals surface area contributed by atoms with E-state index in [1.54, 1.807) is 24.0 Å². The van der Waals surface area contributed by atoms with Crippen LogP contribution < -0.4 is 10.2 Å². The highest BCUT2D eigenvalue weighted by Crippen LogP contribution is 2.33. The highest BCUT2D eigenvalue weighted by atomic mass is 19.1. The maximum atomic E-state index is 13.6. The van der Waals surface area contributed by atoms with Gasteiger partial charge < -0.3 is 15.0 Å². The van der Waals surface area contributed by atoms with E-state index >= 15 is 0 Å². The molecule has 0 aliphatic carbocycles. The number of hydrogen-bond acceptors (Lipinski definition) is 4. The predicted molar refractivity (Wildman–Crippen MR) is 116 cm³/mol. The number of nitrogens with zero attached hydrogens (tertiary/aromatic N) is 1. The lowest BCUT2D eigenvalue weighted by Gasteiger charge is -2.23. The Labute approximate surface area is 181 Å². The zero-order valence-corrected chi connectivity index (χ0v) is 18.0. The topological polar surface area (TPSA) is 75.7 Å². The van der Waals surface area contributed by atoms with Crippen LogP contribution in [0.3, 0.4) is 0 Å². The standard InChI is InChI=1S/C24H27FN2O4/c1-4-15(2)19-7-5-6-8-21(19)27-13-17(11-23(27)29)24(30)31-14-22(28)26-18-10-9-16(3)20(25)12-18/h5-10,12,15,17H,4,11,13-14H2,1-3H3,(H,26,28)/t15-,17+/m1/s1. The number of rotatable bonds is 7. The average Bonchev–Trinajstić information content (AvgIpc) is 3.15. The molecule has 0 bridgehead atoms. The second kappa shape index (κ2) is 9.73. The number of anilines is 2. The van der Waals surface area contributed by atoms with Crippen LogP contribution in [0, 0.1) is 18.7 Å². The molecule has 2 aromatic carbocycles. The monoisotopic (exact) mass is 426 g/mol. The molecule has 3 rings (SSSR count). The van der Waals surface area contributed by atoms with Gasteiger partial charge in [-0.15, -0.1) is 0 Å². The Bertz CT molecular complexity index is 991. The van der Waals surface area contributed by atoms with Gasteiger partial charge in [-0.05, 0) is 48.6 Å². The van der Waals surface area contributed by atoms with Gasteiger partial charge in [0, 0.05) is 24.3 Å². The van der Waals surface area contributed by atoms with Crippen molar-refractivity contribution < 1.29 is 23.5 Å². The van der Waals surface area contributed by atoms with E-state index in [1.807, 2.05) is 24.3 Å². The third-order valence-corrected chi connectivity index (χ3v) is 5.63. The van der Waals surface area contributed by atoms with Crippen molar-refractivity contribution in [2.45, 2.75) is 39.5 Å². The number of halogens is 1. The van der Waals surface area contributed by atoms with E-state index in [1.165, 1.54) is 6.07 Å². The quantitative estimate of drug-likeness (QED) is 0.674. The number of carbonyl (C=O) groups is 3. The summed E-state index contributed by atoms with van der Waals surface area (Å²) in [6.45, 7) is 5.53. The van der Waals surface area contributed by atoms with Crippen molar-refractivity contribution >= 4 is 29.2 Å². The molecule has 1 aliphatic heterocycles. The van der Waals surface area contributed by atoms with Crippen molar-refractivity contribution in [1.29, 1.82) is 0 Å². The molecule has 0 aromatic heterocycles. The van der Waals surface area contributed by atoms with Crippen LogP contribution in [0.5, 0.6) is 0 Å². The molecule has 0 spiro atoms. The van der Waals surface area contributed by atoms with E-state index < -0.39 is 30.2 Å². The summed E-state index contributed by atoms with van der Waals surface area (Å²) in [4.78, 5) is 38.7. The van der Waals surface area contributed by atoms with Crippen molar-refractivity contribution in [3.63, 3.8) is 0 Å². The molecular formula is C24H27FN2O4. The van der Waals surface area contributed by atoms with Gasteiger partial charge in [-0.2, -0.15) is 0 Å². The molecule has 1 saturated heterocycles. The first-order valence-corrected chi connectivity index (χ1v) is 10.4. The van der Waals surface area contributed by atoms with Gasteiger partial charge in [0.15, 0.2) is 6.61 Å². The van der Waals surface area contributed by atoms with Gasteiger partial charge >= 0.3 is 5.97 Å². The first-order chi connectivity index (χ1) is 14.8. The minimum Gasteiger partial charge on any atom is -0.455 e. The van der Waals surface area contributed by atoms with Crippen LogP contribution in [0.4, 0.5) is 15.8 Å². The summed E-state index contributed by atoms with van der Waals surface area (Å²) in [5, 5.41) is 2.49. The van der Waals surface area contributed by atoms with Crippen molar-refractivity contribution in [3.8, 4) is 0 Å². The van der Waals surface area contributed by atoms with Crippen molar-refractivity contribution in [3.05, 3.63) is 59.4 Å². The maximum Gasteiger partial charge on any atom is 0.311 e. The molecule has 1 heterocycles. The van der Waals surface area contributed by atoms with Gasteiger partial charge in [0.2, 0.25) is 5.91 Å². The zero-order chi connectivity index (χ0) is 22.5. The molecule has 0 unspecified atom stereocenters. The number of ether oxygens (including phenoxy) is 1. The summed E-state index contributed by atoms with van der Waals surface area (Å²) in [5.74, 6) is -2.09. The zero-order valence-electron chi connectivity index (χ0n) is 18.0. The number of benzene rings is 2. The second-order valence-corrected chi connectivity index (χ2v) is 7.89. The maximum absolute atomic E-state index is 13.6. The van der Waals surface area contributed by atoms with Crippen LogP contribution in [0.2, 0.25) is 0 Å². The summed E-state index contributed by atoms with van der Waals surface area (Å²) in [7, 11) is 0. The molecule has 164 valence electrons. The fraction of sp³-hybridized carbons (Fsp3) is 0.375. The molecule has 2 aromatic rings. The summed E-state index contributed by atoms with van der Waals surface area (Å²) >= 11 is 0. The number of esters is 1. The number of nitrogens with one attached hydrogen (secondary N) is 1. The van der Waals surface area contributed by atoms with E-state index in [9.17, 15) is 18.8 Å². The van der Waals surface area contributed by atoms with Crippen molar-refractivity contribution in [2.75, 3.05) is 23.4 Å². The van der Waals surface area contributed by atoms with Crippen LogP contribution in [-0.2, 0) is 19.1 Å². The number of para-hydroxylation sites is 1. The van der Waals surface area contributed by atoms with Crippen LogP contribution in [-0.4, -0.2) is 30.9 Å². The van der Waals surface area contributed by atoms with Crippen LogP contribution in [0.1, 0.15) is 43.7 Å². The Hall–Kier alpha value is -3.22. The van der Waals surface area contributed by atoms with Gasteiger partial charge in [-0.25, -0.2) is 4.39 Å². The van der Waals surface area contributed by atoms with Crippen LogP contribution in [0.15, 0.2) is 42.5 Å². The molecule has 2 amide bonds. The third-order valence-electron chi connectivity index (χ3n) is 5.63. The number of carbonyl (C=O) groups excluding carboxylic acids is 3. The molecule has 0 saturated carbocycles. The highest BCUT2D eigenvalue weighted by Gasteiger charge is 2.37. The number of amides is 2. The summed E-state index contributed by atoms with van der Waals surface area (Å²) in [5.41, 5.74) is 2.64. The molecule has 1 aliphatic rings. The van der Waals surface area contributed by atoms with Crippen LogP contribution in [0.25, 0.3) is 0 Å². The van der Waals surface area contributed by atoms with Gasteiger partial charge in [-0.3, -0.25) is 14.4 Å². The van der Waals surface area contributed by atoms with E-state index in [4.69, 9.17) is 4.74 Å². The lowest BCUT2D eigenvalue weighted by Crippen LogP contribution is -2.29. The van der Waals surface area contributed by atoms with Crippen LogP contribution >= 0.6 is 0 Å². The molecule has 2 atom stereocenters. The van der Waals surface area contributed by atoms with Crippen molar-refractivity contribution in [2.24, 2.45) is 5.92 Å². The Morgan fingerprint density at radius 2 is 2.00 bits per heavy atom. The Kier molecular flexibility index (Phi) is 7.05. The number of hydrogen-bond donors (Lipinski definition) is 1. The lowest BCUT2D eigenvalue weighted by molar-refractivity contribution is -0.151. The molecule has 6 nitrogen and oxygen atoms in total. The predicted octanol–water partition coefficient (Wildman–Crippen LogP) is 4.18. The van der Waals surface area contributed by atoms with Gasteiger partial charge in [0.1, 0.15) is 5.82 Å². The molecule has 1 fully saturated rings. The third kappa shape index (κ3) is 5.29. The summed E-state index contributed by atoms with van der Waals surface area (Å²) < 4.78 is 18.7. The average molecular weight is 426 g/mol. The minimum absolute atomic E-state index is 0.0401. The summed E-state index contributed by atoms with van der Waals surface area (Å²) in [6, 6.07) is 12.0. The molecule has 1 N–H and O–H groups in total. The van der Waals surface area contributed by atoms with Gasteiger partial charge in [0.25, 0.3) is 5.91 Å². The Morgan fingerprint density at radius 1 is 1.26 bits per heavy atom. The lowest BCUT2D eigenvalue weighted by atomic mass is 9.96. The largest absolute Gasteiger partial charge is 0.455 e. The fourth-order valence-corrected chi connectivity index (χ4v) is 3.59. The van der Waals surface area contributed by atoms with Gasteiger partial charge in [0.05, 0.1) is 5.92 Å². The smallest absolute Gasteiger partial charge is 0.311 e. The Balaban J connectivity index is 1.58. The highest BCUT2D eigenvalue weighted by molar-refractivity contribution is 6.00. The summed E-state index contributed by atoms with van der Waals surface area (Å²) in [6.07, 6.45) is 0.975. The number of aryl methyl sites for hydroxylation is 1. The second-order valence-electron chi connectivity index (χ2n) is 7.89.